The Kier molecular flexibility index (Phi) is 5.89. The summed E-state index contributed by atoms with van der Waals surface area (Å²) in [6.07, 6.45) is 3.42. The van der Waals surface area contributed by atoms with Gasteiger partial charge in [0.1, 0.15) is 0 Å². The van der Waals surface area contributed by atoms with Gasteiger partial charge in [0.25, 0.3) is 0 Å². The van der Waals surface area contributed by atoms with Gasteiger partial charge in [-0.1, -0.05) is 0 Å². The van der Waals surface area contributed by atoms with Crippen LogP contribution in [0, 0.1) is 0 Å². The third-order valence-electron chi connectivity index (χ3n) is 1.26. The number of unbranched alkanes of at least 4 members (excludes halogenated alkanes) is 1. The molecule has 4 heteroatoms. The van der Waals surface area contributed by atoms with Crippen molar-refractivity contribution in [3.63, 3.8) is 0 Å². The molecule has 70 valence electrons. The molecule has 0 atom stereocenters. The van der Waals surface area contributed by atoms with Crippen molar-refractivity contribution >= 4 is 14.4 Å². The number of aliphatic imine (C=N–C) groups is 1. The van der Waals surface area contributed by atoms with E-state index < -0.39 is 8.32 Å². The maximum Gasteiger partial charge on any atom is 0.234 e. The van der Waals surface area contributed by atoms with Gasteiger partial charge in [0.2, 0.25) is 6.08 Å². The monoisotopic (exact) mass is 187 g/mol. The molecule has 0 aliphatic heterocycles. The third-order valence-corrected chi connectivity index (χ3v) is 2.33. The van der Waals surface area contributed by atoms with Gasteiger partial charge < -0.3 is 4.43 Å². The van der Waals surface area contributed by atoms with E-state index in [1.807, 2.05) is 0 Å². The summed E-state index contributed by atoms with van der Waals surface area (Å²) in [6.45, 7) is 7.87. The molecular formula is C8H17NO2Si. The Morgan fingerprint density at radius 1 is 1.33 bits per heavy atom. The van der Waals surface area contributed by atoms with E-state index in [9.17, 15) is 4.79 Å². The summed E-state index contributed by atoms with van der Waals surface area (Å²) in [5, 5.41) is 0. The van der Waals surface area contributed by atoms with Crippen molar-refractivity contribution in [2.75, 3.05) is 13.2 Å². The molecule has 0 aromatic heterocycles. The van der Waals surface area contributed by atoms with E-state index in [0.717, 1.165) is 19.4 Å². The van der Waals surface area contributed by atoms with E-state index in [1.54, 1.807) is 0 Å². The first kappa shape index (κ1) is 11.6. The molecule has 0 unspecified atom stereocenters. The highest BCUT2D eigenvalue weighted by Gasteiger charge is 2.12. The molecule has 12 heavy (non-hydrogen) atoms. The molecule has 0 aromatic rings. The topological polar surface area (TPSA) is 38.7 Å². The molecule has 0 spiro atoms. The Hall–Kier alpha value is -0.443. The maximum atomic E-state index is 9.68. The largest absolute Gasteiger partial charge is 0.418 e. The van der Waals surface area contributed by atoms with Gasteiger partial charge in [0.05, 0.1) is 6.54 Å². The Morgan fingerprint density at radius 2 is 2.00 bits per heavy atom. The number of isocyanates is 1. The molecule has 0 aliphatic rings. The van der Waals surface area contributed by atoms with Crippen LogP contribution < -0.4 is 0 Å². The van der Waals surface area contributed by atoms with Crippen molar-refractivity contribution in [1.29, 1.82) is 0 Å². The van der Waals surface area contributed by atoms with Gasteiger partial charge in [0.15, 0.2) is 8.32 Å². The SMILES string of the molecule is C[Si](C)(C)OCCCCN=C=O. The van der Waals surface area contributed by atoms with Crippen LogP contribution in [0.5, 0.6) is 0 Å². The predicted molar refractivity (Wildman–Crippen MR) is 51.5 cm³/mol. The standard InChI is InChI=1S/C8H17NO2Si/c1-12(2,3)11-7-5-4-6-9-8-10/h4-7H2,1-3H3. The Bertz CT molecular complexity index is 159. The van der Waals surface area contributed by atoms with Gasteiger partial charge in [-0.3, -0.25) is 0 Å². The highest BCUT2D eigenvalue weighted by Crippen LogP contribution is 2.03. The minimum atomic E-state index is -1.33. The molecule has 0 radical (unpaired) electrons. The maximum absolute atomic E-state index is 9.68. The minimum Gasteiger partial charge on any atom is -0.418 e. The zero-order valence-electron chi connectivity index (χ0n) is 8.09. The Labute approximate surface area is 75.0 Å². The van der Waals surface area contributed by atoms with Gasteiger partial charge in [-0.05, 0) is 32.5 Å². The van der Waals surface area contributed by atoms with Crippen LogP contribution in [-0.2, 0) is 9.22 Å². The van der Waals surface area contributed by atoms with E-state index in [0.29, 0.717) is 6.54 Å². The molecular weight excluding hydrogens is 170 g/mol. The fourth-order valence-corrected chi connectivity index (χ4v) is 1.47. The van der Waals surface area contributed by atoms with E-state index in [4.69, 9.17) is 4.43 Å². The van der Waals surface area contributed by atoms with Crippen LogP contribution in [0.3, 0.4) is 0 Å². The molecule has 0 aliphatic carbocycles. The molecule has 0 heterocycles. The summed E-state index contributed by atoms with van der Waals surface area (Å²) in [6, 6.07) is 0. The van der Waals surface area contributed by atoms with Crippen LogP contribution in [-0.4, -0.2) is 27.5 Å². The van der Waals surface area contributed by atoms with Crippen molar-refractivity contribution in [2.45, 2.75) is 32.5 Å². The van der Waals surface area contributed by atoms with Gasteiger partial charge >= 0.3 is 0 Å². The normalized spacial score (nSPS) is 10.9. The minimum absolute atomic E-state index is 0.582. The highest BCUT2D eigenvalue weighted by atomic mass is 28.4. The van der Waals surface area contributed by atoms with Crippen LogP contribution >= 0.6 is 0 Å². The zero-order valence-corrected chi connectivity index (χ0v) is 9.09. The number of rotatable bonds is 6. The van der Waals surface area contributed by atoms with Crippen molar-refractivity contribution < 1.29 is 9.22 Å². The zero-order chi connectivity index (χ0) is 9.45. The van der Waals surface area contributed by atoms with Crippen LogP contribution in [0.15, 0.2) is 4.99 Å². The second-order valence-corrected chi connectivity index (χ2v) is 8.15. The van der Waals surface area contributed by atoms with Gasteiger partial charge in [-0.25, -0.2) is 9.79 Å². The summed E-state index contributed by atoms with van der Waals surface area (Å²) in [5.74, 6) is 0. The van der Waals surface area contributed by atoms with E-state index in [2.05, 4.69) is 24.6 Å². The summed E-state index contributed by atoms with van der Waals surface area (Å²) in [4.78, 5) is 13.1. The fraction of sp³-hybridized carbons (Fsp3) is 0.875. The molecule has 0 N–H and O–H groups in total. The average molecular weight is 187 g/mol. The number of hydrogen-bond donors (Lipinski definition) is 0. The Morgan fingerprint density at radius 3 is 2.50 bits per heavy atom. The third kappa shape index (κ3) is 9.56. The lowest BCUT2D eigenvalue weighted by molar-refractivity contribution is 0.302. The first-order valence-corrected chi connectivity index (χ1v) is 7.65. The van der Waals surface area contributed by atoms with Crippen LogP contribution in [0.1, 0.15) is 12.8 Å². The van der Waals surface area contributed by atoms with Crippen molar-refractivity contribution in [1.82, 2.24) is 0 Å². The van der Waals surface area contributed by atoms with Crippen molar-refractivity contribution in [3.05, 3.63) is 0 Å². The average Bonchev–Trinajstić information content (AvgIpc) is 1.94. The first-order valence-electron chi connectivity index (χ1n) is 4.24. The second-order valence-electron chi connectivity index (χ2n) is 3.64. The molecule has 0 amide bonds. The van der Waals surface area contributed by atoms with Gasteiger partial charge in [0, 0.05) is 6.61 Å². The van der Waals surface area contributed by atoms with E-state index in [1.165, 1.54) is 6.08 Å². The van der Waals surface area contributed by atoms with Crippen LogP contribution in [0.25, 0.3) is 0 Å². The summed E-state index contributed by atoms with van der Waals surface area (Å²) < 4.78 is 5.61. The van der Waals surface area contributed by atoms with Gasteiger partial charge in [-0.15, -0.1) is 0 Å². The lowest BCUT2D eigenvalue weighted by Crippen LogP contribution is -2.25. The van der Waals surface area contributed by atoms with Gasteiger partial charge in [-0.2, -0.15) is 0 Å². The molecule has 0 aromatic carbocycles. The smallest absolute Gasteiger partial charge is 0.234 e. The molecule has 3 nitrogen and oxygen atoms in total. The molecule has 0 fully saturated rings. The summed E-state index contributed by atoms with van der Waals surface area (Å²) in [5.41, 5.74) is 0. The van der Waals surface area contributed by atoms with Crippen molar-refractivity contribution in [3.8, 4) is 0 Å². The number of nitrogens with zero attached hydrogens (tertiary/aromatic N) is 1. The lowest BCUT2D eigenvalue weighted by atomic mass is 10.3. The molecule has 0 rings (SSSR count). The van der Waals surface area contributed by atoms with E-state index >= 15 is 0 Å². The highest BCUT2D eigenvalue weighted by molar-refractivity contribution is 6.69. The predicted octanol–water partition coefficient (Wildman–Crippen LogP) is 1.95. The first-order chi connectivity index (χ1) is 5.56. The van der Waals surface area contributed by atoms with Crippen molar-refractivity contribution in [2.24, 2.45) is 4.99 Å². The Balaban J connectivity index is 3.16. The molecule has 0 saturated heterocycles. The number of carbonyl (C=O) groups excluding carboxylic acids is 1. The number of hydrogen-bond acceptors (Lipinski definition) is 3. The summed E-state index contributed by atoms with van der Waals surface area (Å²) >= 11 is 0. The fourth-order valence-electron chi connectivity index (χ4n) is 0.717. The van der Waals surface area contributed by atoms with Crippen LogP contribution in [0.4, 0.5) is 0 Å². The molecule has 0 bridgehead atoms. The van der Waals surface area contributed by atoms with Crippen LogP contribution in [0.2, 0.25) is 19.6 Å². The quantitative estimate of drug-likeness (QED) is 0.276. The lowest BCUT2D eigenvalue weighted by Gasteiger charge is -2.16. The molecule has 0 saturated carbocycles. The summed E-state index contributed by atoms with van der Waals surface area (Å²) in [7, 11) is -1.33. The second kappa shape index (κ2) is 6.12. The van der Waals surface area contributed by atoms with E-state index in [-0.39, 0.29) is 0 Å².